The molecule has 6 nitrogen and oxygen atoms in total. The summed E-state index contributed by atoms with van der Waals surface area (Å²) in [5.41, 5.74) is 1.36. The monoisotopic (exact) mass is 442 g/mol. The molecule has 1 atom stereocenters. The molecule has 2 aromatic rings. The first-order valence-electron chi connectivity index (χ1n) is 7.96. The third-order valence-corrected chi connectivity index (χ3v) is 3.91. The van der Waals surface area contributed by atoms with Crippen LogP contribution in [0.25, 0.3) is 0 Å². The molecule has 2 rings (SSSR count). The normalized spacial score (nSPS) is 12.4. The second-order valence-electron chi connectivity index (χ2n) is 5.72. The topological polar surface area (TPSA) is 67.1 Å². The van der Waals surface area contributed by atoms with Gasteiger partial charge < -0.3 is 15.2 Å². The first kappa shape index (κ1) is 20.4. The number of guanidine groups is 1. The van der Waals surface area contributed by atoms with Crippen molar-refractivity contribution in [1.82, 2.24) is 25.4 Å². The minimum atomic E-state index is 0. The van der Waals surface area contributed by atoms with Crippen LogP contribution in [0.1, 0.15) is 30.6 Å². The molecule has 1 aromatic heterocycles. The summed E-state index contributed by atoms with van der Waals surface area (Å²) in [6.45, 7) is 4.71. The van der Waals surface area contributed by atoms with E-state index in [1.54, 1.807) is 7.05 Å². The molecular weight excluding hydrogens is 415 g/mol. The molecule has 0 aliphatic carbocycles. The third-order valence-electron chi connectivity index (χ3n) is 3.91. The van der Waals surface area contributed by atoms with Gasteiger partial charge in [-0.2, -0.15) is 0 Å². The Morgan fingerprint density at radius 2 is 1.96 bits per heavy atom. The van der Waals surface area contributed by atoms with E-state index in [0.717, 1.165) is 30.5 Å². The van der Waals surface area contributed by atoms with Crippen LogP contribution in [0.2, 0.25) is 0 Å². The van der Waals surface area contributed by atoms with Crippen LogP contribution in [-0.4, -0.2) is 33.8 Å². The SMILES string of the molecule is CN=C(NCc1nnc(C)n1C)NC(C)CCc1ccccc1.I. The van der Waals surface area contributed by atoms with Crippen LogP contribution in [0.4, 0.5) is 0 Å². The van der Waals surface area contributed by atoms with Gasteiger partial charge in [-0.3, -0.25) is 4.99 Å². The molecule has 2 N–H and O–H groups in total. The maximum atomic E-state index is 4.27. The minimum absolute atomic E-state index is 0. The van der Waals surface area contributed by atoms with Crippen molar-refractivity contribution >= 4 is 29.9 Å². The molecule has 0 saturated heterocycles. The molecule has 7 heteroatoms. The van der Waals surface area contributed by atoms with E-state index in [0.29, 0.717) is 12.6 Å². The van der Waals surface area contributed by atoms with Crippen molar-refractivity contribution in [2.75, 3.05) is 7.05 Å². The number of nitrogens with one attached hydrogen (secondary N) is 2. The lowest BCUT2D eigenvalue weighted by Crippen LogP contribution is -2.42. The average Bonchev–Trinajstić information content (AvgIpc) is 2.89. The van der Waals surface area contributed by atoms with E-state index in [-0.39, 0.29) is 24.0 Å². The fourth-order valence-electron chi connectivity index (χ4n) is 2.30. The van der Waals surface area contributed by atoms with Crippen LogP contribution >= 0.6 is 24.0 Å². The minimum Gasteiger partial charge on any atom is -0.354 e. The molecule has 1 aromatic carbocycles. The maximum Gasteiger partial charge on any atom is 0.191 e. The maximum absolute atomic E-state index is 4.27. The molecule has 0 spiro atoms. The Labute approximate surface area is 161 Å². The van der Waals surface area contributed by atoms with Crippen LogP contribution in [0.15, 0.2) is 35.3 Å². The predicted molar refractivity (Wildman–Crippen MR) is 109 cm³/mol. The summed E-state index contributed by atoms with van der Waals surface area (Å²) in [5.74, 6) is 2.58. The van der Waals surface area contributed by atoms with E-state index >= 15 is 0 Å². The molecule has 0 radical (unpaired) electrons. The van der Waals surface area contributed by atoms with Gasteiger partial charge in [-0.1, -0.05) is 30.3 Å². The fourth-order valence-corrected chi connectivity index (χ4v) is 2.30. The van der Waals surface area contributed by atoms with Crippen molar-refractivity contribution < 1.29 is 0 Å². The van der Waals surface area contributed by atoms with Crippen molar-refractivity contribution in [3.05, 3.63) is 47.5 Å². The number of aryl methyl sites for hydroxylation is 2. The molecular formula is C17H27IN6. The first-order chi connectivity index (χ1) is 11.1. The van der Waals surface area contributed by atoms with Gasteiger partial charge in [0.2, 0.25) is 0 Å². The Balaban J connectivity index is 0.00000288. The zero-order valence-corrected chi connectivity index (χ0v) is 17.1. The summed E-state index contributed by atoms with van der Waals surface area (Å²) >= 11 is 0. The number of nitrogens with zero attached hydrogens (tertiary/aromatic N) is 4. The molecule has 1 unspecified atom stereocenters. The Morgan fingerprint density at radius 1 is 1.25 bits per heavy atom. The summed E-state index contributed by atoms with van der Waals surface area (Å²) in [5, 5.41) is 14.9. The summed E-state index contributed by atoms with van der Waals surface area (Å²) in [6.07, 6.45) is 2.10. The van der Waals surface area contributed by atoms with E-state index in [4.69, 9.17) is 0 Å². The molecule has 0 aliphatic rings. The summed E-state index contributed by atoms with van der Waals surface area (Å²) < 4.78 is 1.97. The van der Waals surface area contributed by atoms with Gasteiger partial charge in [-0.25, -0.2) is 0 Å². The first-order valence-corrected chi connectivity index (χ1v) is 7.96. The van der Waals surface area contributed by atoms with Gasteiger partial charge in [-0.15, -0.1) is 34.2 Å². The number of hydrogen-bond donors (Lipinski definition) is 2. The number of rotatable bonds is 6. The quantitative estimate of drug-likeness (QED) is 0.410. The Kier molecular flexibility index (Phi) is 8.73. The van der Waals surface area contributed by atoms with E-state index in [9.17, 15) is 0 Å². The number of halogens is 1. The largest absolute Gasteiger partial charge is 0.354 e. The molecule has 0 saturated carbocycles. The lowest BCUT2D eigenvalue weighted by molar-refractivity contribution is 0.590. The van der Waals surface area contributed by atoms with Crippen LogP contribution in [-0.2, 0) is 20.0 Å². The standard InChI is InChI=1S/C17H26N6.HI/c1-13(10-11-15-8-6-5-7-9-15)20-17(18-3)19-12-16-22-21-14(2)23(16)4;/h5-9,13H,10-12H2,1-4H3,(H2,18,19,20);1H. The lowest BCUT2D eigenvalue weighted by Gasteiger charge is -2.17. The Morgan fingerprint density at radius 3 is 2.54 bits per heavy atom. The van der Waals surface area contributed by atoms with E-state index in [1.165, 1.54) is 5.56 Å². The molecule has 24 heavy (non-hydrogen) atoms. The van der Waals surface area contributed by atoms with Gasteiger partial charge in [-0.05, 0) is 32.3 Å². The van der Waals surface area contributed by atoms with Crippen molar-refractivity contribution in [2.45, 2.75) is 39.3 Å². The predicted octanol–water partition coefficient (Wildman–Crippen LogP) is 2.43. The van der Waals surface area contributed by atoms with Gasteiger partial charge in [0.25, 0.3) is 0 Å². The second-order valence-corrected chi connectivity index (χ2v) is 5.72. The molecule has 0 fully saturated rings. The molecule has 0 bridgehead atoms. The van der Waals surface area contributed by atoms with Crippen LogP contribution in [0, 0.1) is 6.92 Å². The van der Waals surface area contributed by atoms with Crippen LogP contribution in [0.5, 0.6) is 0 Å². The summed E-state index contributed by atoms with van der Waals surface area (Å²) in [7, 11) is 3.74. The number of hydrogen-bond acceptors (Lipinski definition) is 3. The highest BCUT2D eigenvalue weighted by Gasteiger charge is 2.08. The summed E-state index contributed by atoms with van der Waals surface area (Å²) in [4.78, 5) is 4.27. The van der Waals surface area contributed by atoms with Crippen molar-refractivity contribution in [1.29, 1.82) is 0 Å². The zero-order chi connectivity index (χ0) is 16.7. The highest BCUT2D eigenvalue weighted by atomic mass is 127. The smallest absolute Gasteiger partial charge is 0.191 e. The Bertz CT molecular complexity index is 638. The van der Waals surface area contributed by atoms with Gasteiger partial charge in [0.1, 0.15) is 5.82 Å². The van der Waals surface area contributed by atoms with Crippen molar-refractivity contribution in [3.8, 4) is 0 Å². The van der Waals surface area contributed by atoms with Crippen LogP contribution in [0.3, 0.4) is 0 Å². The van der Waals surface area contributed by atoms with Gasteiger partial charge in [0, 0.05) is 20.1 Å². The van der Waals surface area contributed by atoms with E-state index < -0.39 is 0 Å². The average molecular weight is 442 g/mol. The highest BCUT2D eigenvalue weighted by molar-refractivity contribution is 14.0. The van der Waals surface area contributed by atoms with Crippen molar-refractivity contribution in [3.63, 3.8) is 0 Å². The Hall–Kier alpha value is -1.64. The third kappa shape index (κ3) is 6.10. The number of aliphatic imine (C=N–C) groups is 1. The zero-order valence-electron chi connectivity index (χ0n) is 14.8. The molecule has 0 aliphatic heterocycles. The van der Waals surface area contributed by atoms with Crippen molar-refractivity contribution in [2.24, 2.45) is 12.0 Å². The van der Waals surface area contributed by atoms with E-state index in [2.05, 4.69) is 57.0 Å². The van der Waals surface area contributed by atoms with Gasteiger partial charge in [0.15, 0.2) is 11.8 Å². The van der Waals surface area contributed by atoms with Gasteiger partial charge >= 0.3 is 0 Å². The van der Waals surface area contributed by atoms with Crippen LogP contribution < -0.4 is 10.6 Å². The number of benzene rings is 1. The molecule has 132 valence electrons. The highest BCUT2D eigenvalue weighted by Crippen LogP contribution is 2.04. The second kappa shape index (κ2) is 10.3. The lowest BCUT2D eigenvalue weighted by atomic mass is 10.1. The van der Waals surface area contributed by atoms with Gasteiger partial charge in [0.05, 0.1) is 6.54 Å². The molecule has 0 amide bonds. The fraction of sp³-hybridized carbons (Fsp3) is 0.471. The number of aromatic nitrogens is 3. The molecule has 1 heterocycles. The van der Waals surface area contributed by atoms with E-state index in [1.807, 2.05) is 24.6 Å². The summed E-state index contributed by atoms with van der Waals surface area (Å²) in [6, 6.07) is 10.9.